The number of rotatable bonds is 0. The Bertz CT molecular complexity index is 277. The maximum atomic E-state index is 12.9. The Hall–Kier alpha value is -0.330. The highest BCUT2D eigenvalue weighted by molar-refractivity contribution is 5.85. The summed E-state index contributed by atoms with van der Waals surface area (Å²) in [4.78, 5) is 0. The van der Waals surface area contributed by atoms with Gasteiger partial charge in [-0.3, -0.25) is 0 Å². The summed E-state index contributed by atoms with van der Waals surface area (Å²) >= 11 is 0. The molecule has 0 bridgehead atoms. The minimum Gasteiger partial charge on any atom is -0.315 e. The van der Waals surface area contributed by atoms with Crippen LogP contribution in [0.2, 0.25) is 0 Å². The Morgan fingerprint density at radius 1 is 1.07 bits per heavy atom. The quantitative estimate of drug-likeness (QED) is 0.642. The van der Waals surface area contributed by atoms with Crippen molar-refractivity contribution in [1.82, 2.24) is 0 Å². The van der Waals surface area contributed by atoms with E-state index in [-0.39, 0.29) is 30.7 Å². The average molecular weight is 236 g/mol. The van der Waals surface area contributed by atoms with E-state index in [2.05, 4.69) is 5.92 Å². The molecular formula is C11H16ClF2N. The lowest BCUT2D eigenvalue weighted by Crippen LogP contribution is -2.58. The van der Waals surface area contributed by atoms with Crippen molar-refractivity contribution in [2.45, 2.75) is 50.0 Å². The predicted octanol–water partition coefficient (Wildman–Crippen LogP) is 2.73. The zero-order chi connectivity index (χ0) is 10.4. The van der Waals surface area contributed by atoms with Crippen molar-refractivity contribution in [3.05, 3.63) is 0 Å². The molecule has 86 valence electrons. The SMILES string of the molecule is C#CC1(N)CC2(CCC(F)(F)CC2)C1.Cl. The zero-order valence-corrected chi connectivity index (χ0v) is 9.38. The monoisotopic (exact) mass is 235 g/mol. The summed E-state index contributed by atoms with van der Waals surface area (Å²) in [6, 6.07) is 0. The van der Waals surface area contributed by atoms with Gasteiger partial charge < -0.3 is 5.73 Å². The predicted molar refractivity (Wildman–Crippen MR) is 58.1 cm³/mol. The number of halogens is 3. The molecule has 0 unspecified atom stereocenters. The summed E-state index contributed by atoms with van der Waals surface area (Å²) in [5.41, 5.74) is 5.39. The standard InChI is InChI=1S/C11H15F2N.ClH/c1-2-10(14)7-9(8-10)3-5-11(12,13)6-4-9;/h1H,3-8,14H2;1H. The molecule has 2 N–H and O–H groups in total. The molecule has 0 radical (unpaired) electrons. The molecule has 15 heavy (non-hydrogen) atoms. The lowest BCUT2D eigenvalue weighted by molar-refractivity contribution is -0.0988. The van der Waals surface area contributed by atoms with E-state index in [1.165, 1.54) is 0 Å². The molecule has 4 heteroatoms. The summed E-state index contributed by atoms with van der Waals surface area (Å²) in [6.07, 6.45) is 7.93. The van der Waals surface area contributed by atoms with Crippen LogP contribution in [0.25, 0.3) is 0 Å². The molecule has 0 aromatic rings. The molecule has 0 heterocycles. The van der Waals surface area contributed by atoms with Crippen LogP contribution in [-0.2, 0) is 0 Å². The molecule has 0 saturated heterocycles. The number of alkyl halides is 2. The molecule has 1 nitrogen and oxygen atoms in total. The second-order valence-corrected chi connectivity index (χ2v) is 5.01. The van der Waals surface area contributed by atoms with Crippen molar-refractivity contribution in [3.63, 3.8) is 0 Å². The van der Waals surface area contributed by atoms with E-state index >= 15 is 0 Å². The lowest BCUT2D eigenvalue weighted by Gasteiger charge is -2.55. The minimum atomic E-state index is -2.45. The maximum absolute atomic E-state index is 12.9. The zero-order valence-electron chi connectivity index (χ0n) is 8.56. The highest BCUT2D eigenvalue weighted by Crippen LogP contribution is 2.57. The normalized spacial score (nSPS) is 29.7. The van der Waals surface area contributed by atoms with E-state index in [0.717, 1.165) is 12.8 Å². The van der Waals surface area contributed by atoms with Crippen molar-refractivity contribution in [2.24, 2.45) is 11.1 Å². The number of hydrogen-bond acceptors (Lipinski definition) is 1. The first-order valence-electron chi connectivity index (χ1n) is 5.03. The summed E-state index contributed by atoms with van der Waals surface area (Å²) < 4.78 is 25.8. The number of nitrogens with two attached hydrogens (primary N) is 1. The van der Waals surface area contributed by atoms with Crippen molar-refractivity contribution in [1.29, 1.82) is 0 Å². The van der Waals surface area contributed by atoms with Crippen molar-refractivity contribution >= 4 is 12.4 Å². The van der Waals surface area contributed by atoms with Crippen molar-refractivity contribution in [3.8, 4) is 12.3 Å². The summed E-state index contributed by atoms with van der Waals surface area (Å²) in [7, 11) is 0. The fourth-order valence-electron chi connectivity index (χ4n) is 2.89. The van der Waals surface area contributed by atoms with Gasteiger partial charge in [-0.15, -0.1) is 18.8 Å². The van der Waals surface area contributed by atoms with E-state index in [9.17, 15) is 8.78 Å². The van der Waals surface area contributed by atoms with Gasteiger partial charge in [-0.25, -0.2) is 8.78 Å². The van der Waals surface area contributed by atoms with Gasteiger partial charge >= 0.3 is 0 Å². The summed E-state index contributed by atoms with van der Waals surface area (Å²) in [6.45, 7) is 0. The Labute approximate surface area is 95.2 Å². The van der Waals surface area contributed by atoms with Gasteiger partial charge in [0.25, 0.3) is 0 Å². The molecule has 0 aliphatic heterocycles. The second-order valence-electron chi connectivity index (χ2n) is 5.01. The summed E-state index contributed by atoms with van der Waals surface area (Å²) in [5.74, 6) is 0.110. The van der Waals surface area contributed by atoms with Crippen LogP contribution in [0.4, 0.5) is 8.78 Å². The van der Waals surface area contributed by atoms with Crippen molar-refractivity contribution in [2.75, 3.05) is 0 Å². The van der Waals surface area contributed by atoms with E-state index < -0.39 is 11.5 Å². The van der Waals surface area contributed by atoms with Crippen molar-refractivity contribution < 1.29 is 8.78 Å². The average Bonchev–Trinajstić information content (AvgIpc) is 2.07. The Balaban J connectivity index is 0.00000112. The van der Waals surface area contributed by atoms with Gasteiger partial charge in [-0.05, 0) is 31.1 Å². The smallest absolute Gasteiger partial charge is 0.248 e. The van der Waals surface area contributed by atoms with Crippen LogP contribution < -0.4 is 5.73 Å². The van der Waals surface area contributed by atoms with Crippen LogP contribution in [0.3, 0.4) is 0 Å². The van der Waals surface area contributed by atoms with Crippen LogP contribution in [0.1, 0.15) is 38.5 Å². The summed E-state index contributed by atoms with van der Waals surface area (Å²) in [5, 5.41) is 0. The minimum absolute atomic E-state index is 0. The Morgan fingerprint density at radius 3 is 1.93 bits per heavy atom. The molecule has 0 atom stereocenters. The van der Waals surface area contributed by atoms with E-state index in [4.69, 9.17) is 12.2 Å². The van der Waals surface area contributed by atoms with Crippen LogP contribution in [0.5, 0.6) is 0 Å². The molecule has 2 aliphatic carbocycles. The van der Waals surface area contributed by atoms with Gasteiger partial charge in [0.05, 0.1) is 5.54 Å². The Kier molecular flexibility index (Phi) is 3.06. The number of terminal acetylenes is 1. The van der Waals surface area contributed by atoms with Crippen LogP contribution in [0.15, 0.2) is 0 Å². The molecule has 0 aromatic carbocycles. The van der Waals surface area contributed by atoms with Gasteiger partial charge in [-0.2, -0.15) is 0 Å². The molecule has 2 fully saturated rings. The molecular weight excluding hydrogens is 220 g/mol. The largest absolute Gasteiger partial charge is 0.315 e. The van der Waals surface area contributed by atoms with Crippen LogP contribution in [-0.4, -0.2) is 11.5 Å². The molecule has 1 spiro atoms. The fourth-order valence-corrected chi connectivity index (χ4v) is 2.89. The van der Waals surface area contributed by atoms with E-state index in [0.29, 0.717) is 12.8 Å². The third kappa shape index (κ3) is 2.26. The molecule has 2 aliphatic rings. The highest BCUT2D eigenvalue weighted by atomic mass is 35.5. The van der Waals surface area contributed by atoms with E-state index in [1.807, 2.05) is 0 Å². The maximum Gasteiger partial charge on any atom is 0.248 e. The third-order valence-corrected chi connectivity index (χ3v) is 3.71. The van der Waals surface area contributed by atoms with Crippen LogP contribution in [0, 0.1) is 17.8 Å². The molecule has 2 saturated carbocycles. The first-order valence-corrected chi connectivity index (χ1v) is 5.03. The highest BCUT2D eigenvalue weighted by Gasteiger charge is 2.55. The molecule has 0 amide bonds. The third-order valence-electron chi connectivity index (χ3n) is 3.71. The topological polar surface area (TPSA) is 26.0 Å². The van der Waals surface area contributed by atoms with Crippen LogP contribution >= 0.6 is 12.4 Å². The fraction of sp³-hybridized carbons (Fsp3) is 0.818. The van der Waals surface area contributed by atoms with Gasteiger partial charge in [-0.1, -0.05) is 5.92 Å². The lowest BCUT2D eigenvalue weighted by atomic mass is 9.52. The first kappa shape index (κ1) is 12.7. The van der Waals surface area contributed by atoms with E-state index in [1.54, 1.807) is 0 Å². The first-order chi connectivity index (χ1) is 6.39. The van der Waals surface area contributed by atoms with Gasteiger partial charge in [0.2, 0.25) is 5.92 Å². The van der Waals surface area contributed by atoms with Gasteiger partial charge in [0.15, 0.2) is 0 Å². The molecule has 0 aromatic heterocycles. The second kappa shape index (κ2) is 3.61. The number of hydrogen-bond donors (Lipinski definition) is 1. The Morgan fingerprint density at radius 2 is 1.53 bits per heavy atom. The van der Waals surface area contributed by atoms with Gasteiger partial charge in [0.1, 0.15) is 0 Å². The van der Waals surface area contributed by atoms with Gasteiger partial charge in [0, 0.05) is 12.8 Å². The molecule has 2 rings (SSSR count).